The van der Waals surface area contributed by atoms with E-state index in [4.69, 9.17) is 19.2 Å². The molecule has 4 aromatic rings. The summed E-state index contributed by atoms with van der Waals surface area (Å²) in [5.41, 5.74) is 1.23. The number of rotatable bonds is 12. The van der Waals surface area contributed by atoms with Gasteiger partial charge in [-0.15, -0.1) is 0 Å². The van der Waals surface area contributed by atoms with Gasteiger partial charge in [-0.2, -0.15) is 0 Å². The molecule has 1 heterocycles. The number of ether oxygens (including phenoxy) is 3. The van der Waals surface area contributed by atoms with Crippen LogP contribution >= 0.6 is 0 Å². The number of carbonyl (C=O) groups excluding carboxylic acids is 1. The summed E-state index contributed by atoms with van der Waals surface area (Å²) in [4.78, 5) is 41.6. The summed E-state index contributed by atoms with van der Waals surface area (Å²) < 4.78 is 16.1. The van der Waals surface area contributed by atoms with E-state index in [-0.39, 0.29) is 30.6 Å². The molecule has 4 rings (SSSR count). The van der Waals surface area contributed by atoms with Gasteiger partial charge in [-0.1, -0.05) is 19.1 Å². The molecular formula is C30H33N3O6. The highest BCUT2D eigenvalue weighted by atomic mass is 16.5. The van der Waals surface area contributed by atoms with Gasteiger partial charge in [-0.3, -0.25) is 9.59 Å². The Balaban J connectivity index is 1.55. The molecule has 204 valence electrons. The number of benzene rings is 2. The fraction of sp³-hybridized carbons (Fsp3) is 0.333. The molecular weight excluding hydrogens is 498 g/mol. The molecule has 3 aromatic carbocycles. The molecule has 0 saturated heterocycles. The van der Waals surface area contributed by atoms with Gasteiger partial charge in [-0.05, 0) is 74.5 Å². The third-order valence-corrected chi connectivity index (χ3v) is 6.22. The molecule has 0 aliphatic heterocycles. The first-order valence-corrected chi connectivity index (χ1v) is 13.0. The SMILES string of the molecule is CCOC(=O)[C@H](Cc1ccc(Nc2nc(CC)cc3cc(OC)ccc23)cc1)Nc1c(OC(C)C)c(=O)c1=O. The molecule has 1 atom stereocenters. The minimum Gasteiger partial charge on any atom is -0.497 e. The van der Waals surface area contributed by atoms with E-state index in [1.165, 1.54) is 0 Å². The van der Waals surface area contributed by atoms with Crippen molar-refractivity contribution in [3.8, 4) is 11.5 Å². The van der Waals surface area contributed by atoms with Crippen molar-refractivity contribution in [2.24, 2.45) is 0 Å². The summed E-state index contributed by atoms with van der Waals surface area (Å²) in [6.07, 6.45) is 0.740. The van der Waals surface area contributed by atoms with Crippen molar-refractivity contribution >= 4 is 33.9 Å². The van der Waals surface area contributed by atoms with Crippen molar-refractivity contribution in [1.29, 1.82) is 0 Å². The fourth-order valence-corrected chi connectivity index (χ4v) is 4.25. The van der Waals surface area contributed by atoms with Crippen LogP contribution in [0.4, 0.5) is 17.2 Å². The molecule has 0 spiro atoms. The number of carbonyl (C=O) groups is 1. The lowest BCUT2D eigenvalue weighted by Gasteiger charge is -2.22. The Labute approximate surface area is 226 Å². The maximum atomic E-state index is 12.7. The molecule has 0 unspecified atom stereocenters. The average molecular weight is 532 g/mol. The second kappa shape index (κ2) is 12.0. The van der Waals surface area contributed by atoms with Crippen molar-refractivity contribution in [3.05, 3.63) is 80.2 Å². The van der Waals surface area contributed by atoms with Crippen LogP contribution in [0.2, 0.25) is 0 Å². The Morgan fingerprint density at radius 3 is 2.38 bits per heavy atom. The summed E-state index contributed by atoms with van der Waals surface area (Å²) in [5, 5.41) is 8.29. The van der Waals surface area contributed by atoms with Crippen LogP contribution in [-0.4, -0.2) is 36.8 Å². The Morgan fingerprint density at radius 1 is 1.00 bits per heavy atom. The fourth-order valence-electron chi connectivity index (χ4n) is 4.25. The van der Waals surface area contributed by atoms with Gasteiger partial charge < -0.3 is 24.8 Å². The number of nitrogens with one attached hydrogen (secondary N) is 2. The summed E-state index contributed by atoms with van der Waals surface area (Å²) in [6.45, 7) is 7.47. The maximum absolute atomic E-state index is 12.7. The zero-order chi connectivity index (χ0) is 28.1. The van der Waals surface area contributed by atoms with Crippen LogP contribution in [0, 0.1) is 0 Å². The molecule has 0 bridgehead atoms. The van der Waals surface area contributed by atoms with Crippen LogP contribution in [0.15, 0.2) is 58.1 Å². The standard InChI is InChI=1S/C30H33N3O6/c1-6-20-15-19-16-22(37-5)12-13-23(19)29(31-20)32-21-10-8-18(9-11-21)14-24(30(36)38-7-2)33-25-26(34)27(35)28(25)39-17(3)4/h8-13,15-17,24,33H,6-7,14H2,1-5H3,(H,31,32)/t24-/m0/s1. The van der Waals surface area contributed by atoms with Crippen LogP contribution in [0.5, 0.6) is 11.5 Å². The Morgan fingerprint density at radius 2 is 1.74 bits per heavy atom. The topological polar surface area (TPSA) is 116 Å². The van der Waals surface area contributed by atoms with Gasteiger partial charge in [0.2, 0.25) is 0 Å². The average Bonchev–Trinajstić information content (AvgIpc) is 2.94. The Kier molecular flexibility index (Phi) is 8.49. The molecule has 9 nitrogen and oxygen atoms in total. The van der Waals surface area contributed by atoms with Crippen LogP contribution in [0.3, 0.4) is 0 Å². The molecule has 0 saturated carbocycles. The number of esters is 1. The van der Waals surface area contributed by atoms with Crippen LogP contribution in [0.25, 0.3) is 10.8 Å². The number of aromatic nitrogens is 1. The lowest BCUT2D eigenvalue weighted by Crippen LogP contribution is -2.42. The number of hydrogen-bond donors (Lipinski definition) is 2. The van der Waals surface area contributed by atoms with Crippen LogP contribution in [-0.2, 0) is 22.4 Å². The van der Waals surface area contributed by atoms with E-state index in [0.29, 0.717) is 0 Å². The predicted octanol–water partition coefficient (Wildman–Crippen LogP) is 4.52. The Bertz CT molecular complexity index is 1530. The van der Waals surface area contributed by atoms with Crippen molar-refractivity contribution in [3.63, 3.8) is 0 Å². The molecule has 0 aliphatic rings. The van der Waals surface area contributed by atoms with Crippen molar-refractivity contribution in [2.75, 3.05) is 24.4 Å². The monoisotopic (exact) mass is 531 g/mol. The summed E-state index contributed by atoms with van der Waals surface area (Å²) in [6, 6.07) is 14.6. The van der Waals surface area contributed by atoms with Gasteiger partial charge in [-0.25, -0.2) is 9.78 Å². The Hall–Kier alpha value is -4.40. The summed E-state index contributed by atoms with van der Waals surface area (Å²) in [5.74, 6) is 0.951. The van der Waals surface area contributed by atoms with Gasteiger partial charge in [0.25, 0.3) is 10.9 Å². The number of pyridine rings is 1. The van der Waals surface area contributed by atoms with Gasteiger partial charge in [0, 0.05) is 23.2 Å². The first kappa shape index (κ1) is 27.6. The minimum absolute atomic E-state index is 0.00966. The van der Waals surface area contributed by atoms with Gasteiger partial charge in [0.15, 0.2) is 5.75 Å². The summed E-state index contributed by atoms with van der Waals surface area (Å²) >= 11 is 0. The molecule has 0 aliphatic carbocycles. The van der Waals surface area contributed by atoms with Crippen LogP contribution in [0.1, 0.15) is 39.0 Å². The highest BCUT2D eigenvalue weighted by molar-refractivity contribution is 5.94. The molecule has 1 aromatic heterocycles. The van der Waals surface area contributed by atoms with E-state index in [9.17, 15) is 14.4 Å². The van der Waals surface area contributed by atoms with Gasteiger partial charge in [0.05, 0.1) is 19.8 Å². The third-order valence-electron chi connectivity index (χ3n) is 6.22. The molecule has 2 N–H and O–H groups in total. The highest BCUT2D eigenvalue weighted by Crippen LogP contribution is 2.29. The van der Waals surface area contributed by atoms with E-state index in [1.54, 1.807) is 27.9 Å². The number of anilines is 3. The van der Waals surface area contributed by atoms with Crippen LogP contribution < -0.4 is 31.0 Å². The summed E-state index contributed by atoms with van der Waals surface area (Å²) in [7, 11) is 1.64. The third kappa shape index (κ3) is 6.19. The molecule has 0 fully saturated rings. The predicted molar refractivity (Wildman–Crippen MR) is 152 cm³/mol. The normalized spacial score (nSPS) is 11.9. The molecule has 0 amide bonds. The largest absolute Gasteiger partial charge is 0.497 e. The maximum Gasteiger partial charge on any atom is 0.328 e. The molecule has 0 radical (unpaired) electrons. The van der Waals surface area contributed by atoms with Crippen molar-refractivity contribution in [1.82, 2.24) is 4.98 Å². The van der Waals surface area contributed by atoms with E-state index in [2.05, 4.69) is 23.6 Å². The lowest BCUT2D eigenvalue weighted by molar-refractivity contribution is -0.144. The van der Waals surface area contributed by atoms with Crippen molar-refractivity contribution < 1.29 is 19.0 Å². The van der Waals surface area contributed by atoms with E-state index in [1.807, 2.05) is 42.5 Å². The number of hydrogen-bond acceptors (Lipinski definition) is 9. The highest BCUT2D eigenvalue weighted by Gasteiger charge is 2.29. The second-order valence-electron chi connectivity index (χ2n) is 9.41. The first-order valence-electron chi connectivity index (χ1n) is 13.0. The van der Waals surface area contributed by atoms with E-state index in [0.717, 1.165) is 45.7 Å². The first-order chi connectivity index (χ1) is 18.7. The molecule has 9 heteroatoms. The lowest BCUT2D eigenvalue weighted by atomic mass is 10.0. The van der Waals surface area contributed by atoms with Gasteiger partial charge in [0.1, 0.15) is 23.3 Å². The second-order valence-corrected chi connectivity index (χ2v) is 9.41. The van der Waals surface area contributed by atoms with Gasteiger partial charge >= 0.3 is 5.97 Å². The number of nitrogens with zero attached hydrogens (tertiary/aromatic N) is 1. The van der Waals surface area contributed by atoms with E-state index < -0.39 is 22.9 Å². The zero-order valence-electron chi connectivity index (χ0n) is 22.8. The number of aryl methyl sites for hydroxylation is 1. The molecule has 39 heavy (non-hydrogen) atoms. The zero-order valence-corrected chi connectivity index (χ0v) is 22.8. The number of methoxy groups -OCH3 is 1. The van der Waals surface area contributed by atoms with E-state index >= 15 is 0 Å². The number of fused-ring (bicyclic) bond motifs is 1. The quantitative estimate of drug-likeness (QED) is 0.201. The minimum atomic E-state index is -0.872. The van der Waals surface area contributed by atoms with Crippen molar-refractivity contribution in [2.45, 2.75) is 52.7 Å². The smallest absolute Gasteiger partial charge is 0.328 e.